The third-order valence-corrected chi connectivity index (χ3v) is 1.55. The predicted molar refractivity (Wildman–Crippen MR) is 50.5 cm³/mol. The Kier molecular flexibility index (Phi) is 3.41. The van der Waals surface area contributed by atoms with E-state index in [-0.39, 0.29) is 0 Å². The van der Waals surface area contributed by atoms with Gasteiger partial charge in [0.2, 0.25) is 0 Å². The van der Waals surface area contributed by atoms with Crippen LogP contribution in [0, 0.1) is 0 Å². The number of phenolic OH excluding ortho intramolecular Hbond substituents is 1. The van der Waals surface area contributed by atoms with Crippen LogP contribution in [0.25, 0.3) is 0 Å². The number of hydrogen-bond acceptors (Lipinski definition) is 3. The minimum atomic E-state index is 0.296. The number of anilines is 1. The highest BCUT2D eigenvalue weighted by Gasteiger charge is 1.91. The summed E-state index contributed by atoms with van der Waals surface area (Å²) in [5.41, 5.74) is 0.949. The number of aromatic hydroxyl groups is 1. The Morgan fingerprint density at radius 2 is 2.17 bits per heavy atom. The number of benzene rings is 1. The third-order valence-electron chi connectivity index (χ3n) is 1.55. The van der Waals surface area contributed by atoms with Crippen molar-refractivity contribution in [3.8, 4) is 5.75 Å². The Bertz CT molecular complexity index is 238. The van der Waals surface area contributed by atoms with E-state index in [0.717, 1.165) is 18.8 Å². The summed E-state index contributed by atoms with van der Waals surface area (Å²) in [7, 11) is 1.91. The van der Waals surface area contributed by atoms with Crippen molar-refractivity contribution < 1.29 is 5.11 Å². The van der Waals surface area contributed by atoms with Crippen molar-refractivity contribution in [1.82, 2.24) is 5.32 Å². The van der Waals surface area contributed by atoms with Gasteiger partial charge in [0.1, 0.15) is 5.75 Å². The summed E-state index contributed by atoms with van der Waals surface area (Å²) in [6.45, 7) is 1.77. The molecule has 3 N–H and O–H groups in total. The van der Waals surface area contributed by atoms with Crippen molar-refractivity contribution in [2.75, 3.05) is 25.5 Å². The first-order valence-corrected chi connectivity index (χ1v) is 4.00. The fourth-order valence-electron chi connectivity index (χ4n) is 0.948. The molecule has 0 unspecified atom stereocenters. The average molecular weight is 166 g/mol. The van der Waals surface area contributed by atoms with Gasteiger partial charge in [-0.3, -0.25) is 0 Å². The minimum absolute atomic E-state index is 0.296. The molecular formula is C9H14N2O. The van der Waals surface area contributed by atoms with Gasteiger partial charge in [-0.05, 0) is 19.2 Å². The third kappa shape index (κ3) is 2.80. The Morgan fingerprint density at radius 1 is 1.33 bits per heavy atom. The normalized spacial score (nSPS) is 9.75. The Morgan fingerprint density at radius 3 is 2.83 bits per heavy atom. The molecule has 0 atom stereocenters. The molecule has 0 aliphatic rings. The van der Waals surface area contributed by atoms with Crippen LogP contribution in [0.4, 0.5) is 5.69 Å². The van der Waals surface area contributed by atoms with Crippen LogP contribution in [0.15, 0.2) is 24.3 Å². The van der Waals surface area contributed by atoms with E-state index in [1.807, 2.05) is 19.2 Å². The van der Waals surface area contributed by atoms with E-state index in [4.69, 9.17) is 5.11 Å². The van der Waals surface area contributed by atoms with Gasteiger partial charge < -0.3 is 15.7 Å². The van der Waals surface area contributed by atoms with Crippen molar-refractivity contribution in [1.29, 1.82) is 0 Å². The van der Waals surface area contributed by atoms with Crippen molar-refractivity contribution >= 4 is 5.69 Å². The summed E-state index contributed by atoms with van der Waals surface area (Å²) in [6.07, 6.45) is 0. The molecule has 0 spiro atoms. The van der Waals surface area contributed by atoms with E-state index in [9.17, 15) is 0 Å². The highest BCUT2D eigenvalue weighted by Crippen LogP contribution is 2.14. The largest absolute Gasteiger partial charge is 0.508 e. The minimum Gasteiger partial charge on any atom is -0.508 e. The molecular weight excluding hydrogens is 152 g/mol. The van der Waals surface area contributed by atoms with Crippen LogP contribution in [0.3, 0.4) is 0 Å². The van der Waals surface area contributed by atoms with Crippen LogP contribution in [0.2, 0.25) is 0 Å². The van der Waals surface area contributed by atoms with Gasteiger partial charge in [0.25, 0.3) is 0 Å². The summed E-state index contributed by atoms with van der Waals surface area (Å²) >= 11 is 0. The maximum Gasteiger partial charge on any atom is 0.117 e. The maximum absolute atomic E-state index is 9.11. The first-order chi connectivity index (χ1) is 5.83. The predicted octanol–water partition coefficient (Wildman–Crippen LogP) is 1.02. The van der Waals surface area contributed by atoms with Crippen LogP contribution >= 0.6 is 0 Å². The number of hydrogen-bond donors (Lipinski definition) is 3. The second-order valence-corrected chi connectivity index (χ2v) is 2.58. The van der Waals surface area contributed by atoms with Gasteiger partial charge in [0.05, 0.1) is 0 Å². The fraction of sp³-hybridized carbons (Fsp3) is 0.333. The SMILES string of the molecule is CNCCNc1cccc(O)c1. The molecule has 3 heteroatoms. The Labute approximate surface area is 72.4 Å². The fourth-order valence-corrected chi connectivity index (χ4v) is 0.948. The number of nitrogens with one attached hydrogen (secondary N) is 2. The molecule has 0 saturated carbocycles. The molecule has 0 aliphatic heterocycles. The lowest BCUT2D eigenvalue weighted by atomic mass is 10.3. The summed E-state index contributed by atoms with van der Waals surface area (Å²) in [4.78, 5) is 0. The lowest BCUT2D eigenvalue weighted by Gasteiger charge is -2.05. The molecule has 0 aromatic heterocycles. The highest BCUT2D eigenvalue weighted by atomic mass is 16.3. The lowest BCUT2D eigenvalue weighted by molar-refractivity contribution is 0.475. The summed E-state index contributed by atoms with van der Waals surface area (Å²) in [5, 5.41) is 15.3. The number of phenols is 1. The molecule has 1 aromatic carbocycles. The molecule has 0 heterocycles. The van der Waals surface area contributed by atoms with Crippen molar-refractivity contribution in [2.45, 2.75) is 0 Å². The van der Waals surface area contributed by atoms with E-state index in [1.165, 1.54) is 0 Å². The molecule has 1 rings (SSSR count). The van der Waals surface area contributed by atoms with Crippen LogP contribution in [-0.2, 0) is 0 Å². The molecule has 1 aromatic rings. The number of rotatable bonds is 4. The van der Waals surface area contributed by atoms with E-state index in [2.05, 4.69) is 10.6 Å². The van der Waals surface area contributed by atoms with Crippen molar-refractivity contribution in [3.63, 3.8) is 0 Å². The van der Waals surface area contributed by atoms with Crippen LogP contribution in [-0.4, -0.2) is 25.2 Å². The molecule has 0 aliphatic carbocycles. The van der Waals surface area contributed by atoms with Gasteiger partial charge >= 0.3 is 0 Å². The monoisotopic (exact) mass is 166 g/mol. The Hall–Kier alpha value is -1.22. The second-order valence-electron chi connectivity index (χ2n) is 2.58. The molecule has 0 bridgehead atoms. The summed E-state index contributed by atoms with van der Waals surface area (Å²) in [5.74, 6) is 0.296. The first kappa shape index (κ1) is 8.87. The molecule has 12 heavy (non-hydrogen) atoms. The smallest absolute Gasteiger partial charge is 0.117 e. The average Bonchev–Trinajstić information content (AvgIpc) is 2.05. The van der Waals surface area contributed by atoms with Gasteiger partial charge in [-0.2, -0.15) is 0 Å². The van der Waals surface area contributed by atoms with Gasteiger partial charge in [-0.1, -0.05) is 6.07 Å². The molecule has 0 radical (unpaired) electrons. The van der Waals surface area contributed by atoms with E-state index >= 15 is 0 Å². The van der Waals surface area contributed by atoms with Gasteiger partial charge in [0.15, 0.2) is 0 Å². The van der Waals surface area contributed by atoms with Crippen molar-refractivity contribution in [2.24, 2.45) is 0 Å². The zero-order chi connectivity index (χ0) is 8.81. The first-order valence-electron chi connectivity index (χ1n) is 4.00. The van der Waals surface area contributed by atoms with E-state index in [1.54, 1.807) is 12.1 Å². The molecule has 0 saturated heterocycles. The molecule has 3 nitrogen and oxygen atoms in total. The quantitative estimate of drug-likeness (QED) is 0.585. The number of likely N-dealkylation sites (N-methyl/N-ethyl adjacent to an activating group) is 1. The molecule has 66 valence electrons. The summed E-state index contributed by atoms with van der Waals surface area (Å²) < 4.78 is 0. The lowest BCUT2D eigenvalue weighted by Crippen LogP contribution is -2.17. The standard InChI is InChI=1S/C9H14N2O/c1-10-5-6-11-8-3-2-4-9(12)7-8/h2-4,7,10-12H,5-6H2,1H3. The maximum atomic E-state index is 9.11. The van der Waals surface area contributed by atoms with Crippen molar-refractivity contribution in [3.05, 3.63) is 24.3 Å². The van der Waals surface area contributed by atoms with E-state index < -0.39 is 0 Å². The topological polar surface area (TPSA) is 44.3 Å². The van der Waals surface area contributed by atoms with Gasteiger partial charge in [-0.15, -0.1) is 0 Å². The van der Waals surface area contributed by atoms with Crippen LogP contribution < -0.4 is 10.6 Å². The molecule has 0 amide bonds. The van der Waals surface area contributed by atoms with Gasteiger partial charge in [0, 0.05) is 24.8 Å². The zero-order valence-electron chi connectivity index (χ0n) is 7.17. The van der Waals surface area contributed by atoms with Crippen LogP contribution in [0.1, 0.15) is 0 Å². The van der Waals surface area contributed by atoms with Gasteiger partial charge in [-0.25, -0.2) is 0 Å². The van der Waals surface area contributed by atoms with Crippen LogP contribution in [0.5, 0.6) is 5.75 Å². The second kappa shape index (κ2) is 4.62. The summed E-state index contributed by atoms with van der Waals surface area (Å²) in [6, 6.07) is 7.10. The Balaban J connectivity index is 2.41. The molecule has 0 fully saturated rings. The zero-order valence-corrected chi connectivity index (χ0v) is 7.17. The highest BCUT2D eigenvalue weighted by molar-refractivity contribution is 5.47. The van der Waals surface area contributed by atoms with E-state index in [0.29, 0.717) is 5.75 Å².